The number of nitro groups is 1. The Labute approximate surface area is 165 Å². The summed E-state index contributed by atoms with van der Waals surface area (Å²) in [4.78, 5) is 19.7. The van der Waals surface area contributed by atoms with Crippen LogP contribution in [0.2, 0.25) is 0 Å². The van der Waals surface area contributed by atoms with E-state index in [0.29, 0.717) is 19.8 Å². The molecule has 0 aliphatic carbocycles. The number of benzene rings is 1. The summed E-state index contributed by atoms with van der Waals surface area (Å²) in [6.07, 6.45) is 2.26. The molecular formula is C17H21FN6O5. The molecule has 0 radical (unpaired) electrons. The molecule has 2 aromatic rings. The number of hydrogen-bond donors (Lipinski definition) is 2. The number of aromatic hydroxyl groups is 1. The Kier molecular flexibility index (Phi) is 7.60. The van der Waals surface area contributed by atoms with Gasteiger partial charge in [0.05, 0.1) is 31.1 Å². The lowest BCUT2D eigenvalue weighted by Crippen LogP contribution is -2.25. The molecule has 29 heavy (non-hydrogen) atoms. The molecule has 0 unspecified atom stereocenters. The van der Waals surface area contributed by atoms with E-state index in [1.54, 1.807) is 11.9 Å². The van der Waals surface area contributed by atoms with E-state index < -0.39 is 22.2 Å². The summed E-state index contributed by atoms with van der Waals surface area (Å²) in [6.45, 7) is 3.27. The number of hydrazone groups is 1. The fourth-order valence-corrected chi connectivity index (χ4v) is 2.28. The van der Waals surface area contributed by atoms with Crippen LogP contribution in [0.4, 0.5) is 21.8 Å². The van der Waals surface area contributed by atoms with Crippen molar-refractivity contribution in [3.8, 4) is 11.5 Å². The topological polar surface area (TPSA) is 135 Å². The summed E-state index contributed by atoms with van der Waals surface area (Å²) in [7, 11) is 2.94. The van der Waals surface area contributed by atoms with Gasteiger partial charge in [-0.2, -0.15) is 10.1 Å². The van der Waals surface area contributed by atoms with Crippen molar-refractivity contribution in [1.82, 2.24) is 9.97 Å². The summed E-state index contributed by atoms with van der Waals surface area (Å²) in [5.41, 5.74) is 2.29. The van der Waals surface area contributed by atoms with Gasteiger partial charge in [0.15, 0.2) is 17.4 Å². The highest BCUT2D eigenvalue weighted by Crippen LogP contribution is 2.36. The van der Waals surface area contributed by atoms with Crippen molar-refractivity contribution in [3.05, 3.63) is 39.8 Å². The van der Waals surface area contributed by atoms with E-state index in [-0.39, 0.29) is 23.1 Å². The molecule has 0 aliphatic rings. The molecule has 12 heteroatoms. The zero-order chi connectivity index (χ0) is 21.4. The van der Waals surface area contributed by atoms with Gasteiger partial charge in [-0.1, -0.05) is 0 Å². The maximum Gasteiger partial charge on any atom is 0.315 e. The van der Waals surface area contributed by atoms with Crippen molar-refractivity contribution in [1.29, 1.82) is 0 Å². The minimum Gasteiger partial charge on any atom is -0.500 e. The fourth-order valence-electron chi connectivity index (χ4n) is 2.28. The molecular weight excluding hydrogens is 387 g/mol. The zero-order valence-corrected chi connectivity index (χ0v) is 16.1. The van der Waals surface area contributed by atoms with Crippen molar-refractivity contribution < 1.29 is 23.9 Å². The van der Waals surface area contributed by atoms with Crippen molar-refractivity contribution in [2.24, 2.45) is 5.10 Å². The molecule has 0 bridgehead atoms. The van der Waals surface area contributed by atoms with Gasteiger partial charge in [-0.15, -0.1) is 0 Å². The maximum atomic E-state index is 14.0. The molecule has 2 rings (SSSR count). The van der Waals surface area contributed by atoms with Crippen LogP contribution in [-0.2, 0) is 4.74 Å². The molecule has 0 aliphatic heterocycles. The van der Waals surface area contributed by atoms with Crippen LogP contribution in [-0.4, -0.2) is 60.1 Å². The van der Waals surface area contributed by atoms with Crippen LogP contribution in [0.15, 0.2) is 23.4 Å². The number of anilines is 2. The Bertz CT molecular complexity index is 895. The number of likely N-dealkylation sites (N-methyl/N-ethyl adjacent to an activating group) is 1. The molecule has 0 atom stereocenters. The Morgan fingerprint density at radius 3 is 2.90 bits per heavy atom. The van der Waals surface area contributed by atoms with Gasteiger partial charge in [-0.05, 0) is 13.0 Å². The number of aromatic nitrogens is 2. The second-order valence-electron chi connectivity index (χ2n) is 5.70. The standard InChI is InChI=1S/C17H21FN6O5/c1-4-29-6-5-23(2)16-12(18)10-19-17(21-16)22-20-9-11-7-13(24(26)27)15(25)14(8-11)28-3/h7-10,25H,4-6H2,1-3H3,(H,19,21,22)/b20-9-. The van der Waals surface area contributed by atoms with Crippen LogP contribution in [0.3, 0.4) is 0 Å². The normalized spacial score (nSPS) is 10.9. The lowest BCUT2D eigenvalue weighted by atomic mass is 10.2. The Hall–Kier alpha value is -3.54. The zero-order valence-electron chi connectivity index (χ0n) is 16.1. The van der Waals surface area contributed by atoms with Gasteiger partial charge in [0.25, 0.3) is 0 Å². The average Bonchev–Trinajstić information content (AvgIpc) is 2.70. The molecule has 1 aromatic heterocycles. The highest BCUT2D eigenvalue weighted by Gasteiger charge is 2.19. The Balaban J connectivity index is 2.15. The van der Waals surface area contributed by atoms with Crippen molar-refractivity contribution in [3.63, 3.8) is 0 Å². The fraction of sp³-hybridized carbons (Fsp3) is 0.353. The first-order valence-corrected chi connectivity index (χ1v) is 8.53. The number of nitrogens with zero attached hydrogens (tertiary/aromatic N) is 5. The van der Waals surface area contributed by atoms with E-state index in [1.807, 2.05) is 6.92 Å². The van der Waals surface area contributed by atoms with Crippen LogP contribution in [0.5, 0.6) is 11.5 Å². The van der Waals surface area contributed by atoms with Gasteiger partial charge >= 0.3 is 5.69 Å². The molecule has 1 aromatic carbocycles. The number of halogens is 1. The molecule has 11 nitrogen and oxygen atoms in total. The highest BCUT2D eigenvalue weighted by atomic mass is 19.1. The number of hydrogen-bond acceptors (Lipinski definition) is 10. The lowest BCUT2D eigenvalue weighted by molar-refractivity contribution is -0.386. The maximum absolute atomic E-state index is 14.0. The molecule has 0 saturated carbocycles. The summed E-state index contributed by atoms with van der Waals surface area (Å²) < 4.78 is 24.1. The third-order valence-corrected chi connectivity index (χ3v) is 3.73. The number of methoxy groups -OCH3 is 1. The van der Waals surface area contributed by atoms with E-state index >= 15 is 0 Å². The minimum atomic E-state index is -0.740. The monoisotopic (exact) mass is 408 g/mol. The van der Waals surface area contributed by atoms with Crippen LogP contribution in [0.25, 0.3) is 0 Å². The largest absolute Gasteiger partial charge is 0.500 e. The molecule has 156 valence electrons. The lowest BCUT2D eigenvalue weighted by Gasteiger charge is -2.18. The predicted octanol–water partition coefficient (Wildman–Crippen LogP) is 2.16. The number of ether oxygens (including phenoxy) is 2. The van der Waals surface area contributed by atoms with E-state index in [0.717, 1.165) is 12.3 Å². The van der Waals surface area contributed by atoms with Gasteiger partial charge in [0, 0.05) is 31.8 Å². The first kappa shape index (κ1) is 21.8. The van der Waals surface area contributed by atoms with E-state index in [4.69, 9.17) is 9.47 Å². The van der Waals surface area contributed by atoms with Gasteiger partial charge in [0.2, 0.25) is 11.7 Å². The highest BCUT2D eigenvalue weighted by molar-refractivity contribution is 5.83. The summed E-state index contributed by atoms with van der Waals surface area (Å²) in [6, 6.07) is 2.49. The van der Waals surface area contributed by atoms with Gasteiger partial charge < -0.3 is 19.5 Å². The number of phenolic OH excluding ortho intramolecular Hbond substituents is 1. The summed E-state index contributed by atoms with van der Waals surface area (Å²) in [5.74, 6) is -1.15. The van der Waals surface area contributed by atoms with Crippen LogP contribution >= 0.6 is 0 Å². The Morgan fingerprint density at radius 2 is 2.24 bits per heavy atom. The minimum absolute atomic E-state index is 0.0288. The van der Waals surface area contributed by atoms with E-state index in [1.165, 1.54) is 19.4 Å². The average molecular weight is 408 g/mol. The van der Waals surface area contributed by atoms with Gasteiger partial charge in [-0.25, -0.2) is 14.8 Å². The second kappa shape index (κ2) is 10.1. The van der Waals surface area contributed by atoms with Crippen LogP contribution in [0.1, 0.15) is 12.5 Å². The molecule has 2 N–H and O–H groups in total. The molecule has 1 heterocycles. The number of phenols is 1. The predicted molar refractivity (Wildman–Crippen MR) is 104 cm³/mol. The Morgan fingerprint density at radius 1 is 1.48 bits per heavy atom. The quantitative estimate of drug-likeness (QED) is 0.262. The summed E-state index contributed by atoms with van der Waals surface area (Å²) >= 11 is 0. The SMILES string of the molecule is CCOCCN(C)c1nc(N/N=C\c2cc(OC)c(O)c([N+](=O)[O-])c2)ncc1F. The van der Waals surface area contributed by atoms with E-state index in [9.17, 15) is 19.6 Å². The van der Waals surface area contributed by atoms with Gasteiger partial charge in [-0.3, -0.25) is 10.1 Å². The van der Waals surface area contributed by atoms with Crippen molar-refractivity contribution in [2.45, 2.75) is 6.92 Å². The molecule has 0 spiro atoms. The number of nitrogens with one attached hydrogen (secondary N) is 1. The molecule has 0 fully saturated rings. The first-order valence-electron chi connectivity index (χ1n) is 8.53. The van der Waals surface area contributed by atoms with E-state index in [2.05, 4.69) is 20.5 Å². The first-order chi connectivity index (χ1) is 13.9. The summed E-state index contributed by atoms with van der Waals surface area (Å²) in [5, 5.41) is 24.7. The number of nitro benzene ring substituents is 1. The number of rotatable bonds is 10. The molecule has 0 amide bonds. The third-order valence-electron chi connectivity index (χ3n) is 3.73. The van der Waals surface area contributed by atoms with Gasteiger partial charge in [0.1, 0.15) is 0 Å². The molecule has 0 saturated heterocycles. The van der Waals surface area contributed by atoms with Crippen LogP contribution < -0.4 is 15.1 Å². The second-order valence-corrected chi connectivity index (χ2v) is 5.70. The van der Waals surface area contributed by atoms with Crippen molar-refractivity contribution in [2.75, 3.05) is 44.2 Å². The smallest absolute Gasteiger partial charge is 0.315 e. The van der Waals surface area contributed by atoms with Crippen molar-refractivity contribution >= 4 is 23.7 Å². The van der Waals surface area contributed by atoms with Crippen LogP contribution in [0, 0.1) is 15.9 Å². The third kappa shape index (κ3) is 5.72.